The molecule has 30 heavy (non-hydrogen) atoms. The molecule has 1 atom stereocenters. The van der Waals surface area contributed by atoms with Crippen LogP contribution in [0.1, 0.15) is 31.2 Å². The average molecular weight is 417 g/mol. The van der Waals surface area contributed by atoms with Gasteiger partial charge in [0.05, 0.1) is 19.1 Å². The van der Waals surface area contributed by atoms with Crippen LogP contribution in [0.5, 0.6) is 0 Å². The molecular formula is C23H36N4O3. The van der Waals surface area contributed by atoms with Gasteiger partial charge in [0, 0.05) is 26.2 Å². The van der Waals surface area contributed by atoms with Crippen LogP contribution >= 0.6 is 0 Å². The van der Waals surface area contributed by atoms with Gasteiger partial charge in [0.25, 0.3) is 0 Å². The van der Waals surface area contributed by atoms with Crippen LogP contribution in [-0.2, 0) is 16.0 Å². The monoisotopic (exact) mass is 416 g/mol. The molecule has 2 amide bonds. The van der Waals surface area contributed by atoms with E-state index in [0.29, 0.717) is 19.0 Å². The van der Waals surface area contributed by atoms with Gasteiger partial charge in [-0.1, -0.05) is 30.3 Å². The molecular weight excluding hydrogens is 380 g/mol. The fraction of sp³-hybridized carbons (Fsp3) is 0.652. The SMILES string of the molecule is O=C(C[C@H]1C(=O)NCCN1CCCc1ccccc1)NCC1CCN(CCO)CC1. The van der Waals surface area contributed by atoms with E-state index in [0.717, 1.165) is 58.4 Å². The molecule has 7 nitrogen and oxygen atoms in total. The first kappa shape index (κ1) is 22.7. The number of nitrogens with one attached hydrogen (secondary N) is 2. The number of benzene rings is 1. The molecule has 0 saturated carbocycles. The summed E-state index contributed by atoms with van der Waals surface area (Å²) in [5, 5.41) is 15.0. The van der Waals surface area contributed by atoms with Crippen molar-refractivity contribution in [2.24, 2.45) is 5.92 Å². The maximum absolute atomic E-state index is 12.5. The number of piperidine rings is 1. The van der Waals surface area contributed by atoms with Gasteiger partial charge in [0.2, 0.25) is 11.8 Å². The molecule has 0 unspecified atom stereocenters. The van der Waals surface area contributed by atoms with E-state index in [1.807, 2.05) is 18.2 Å². The Bertz CT molecular complexity index is 662. The van der Waals surface area contributed by atoms with Gasteiger partial charge in [-0.05, 0) is 56.8 Å². The molecule has 0 aliphatic carbocycles. The lowest BCUT2D eigenvalue weighted by Gasteiger charge is -2.35. The Morgan fingerprint density at radius 3 is 2.63 bits per heavy atom. The van der Waals surface area contributed by atoms with E-state index in [9.17, 15) is 9.59 Å². The van der Waals surface area contributed by atoms with Crippen LogP contribution < -0.4 is 10.6 Å². The van der Waals surface area contributed by atoms with Crippen LogP contribution in [0.15, 0.2) is 30.3 Å². The molecule has 2 heterocycles. The summed E-state index contributed by atoms with van der Waals surface area (Å²) in [7, 11) is 0. The quantitative estimate of drug-likeness (QED) is 0.521. The number of hydrogen-bond acceptors (Lipinski definition) is 5. The van der Waals surface area contributed by atoms with Crippen LogP contribution in [0.3, 0.4) is 0 Å². The molecule has 0 spiro atoms. The minimum absolute atomic E-state index is 0.0339. The maximum Gasteiger partial charge on any atom is 0.237 e. The zero-order valence-electron chi connectivity index (χ0n) is 17.9. The van der Waals surface area contributed by atoms with Gasteiger partial charge in [-0.3, -0.25) is 14.5 Å². The van der Waals surface area contributed by atoms with Crippen LogP contribution in [0, 0.1) is 5.92 Å². The van der Waals surface area contributed by atoms with E-state index in [-0.39, 0.29) is 30.9 Å². The number of carbonyl (C=O) groups excluding carboxylic acids is 2. The van der Waals surface area contributed by atoms with Gasteiger partial charge in [0.15, 0.2) is 0 Å². The lowest BCUT2D eigenvalue weighted by atomic mass is 9.96. The Morgan fingerprint density at radius 2 is 1.90 bits per heavy atom. The predicted molar refractivity (Wildman–Crippen MR) is 117 cm³/mol. The highest BCUT2D eigenvalue weighted by molar-refractivity contribution is 5.88. The number of carbonyl (C=O) groups is 2. The Hall–Kier alpha value is -1.96. The van der Waals surface area contributed by atoms with Gasteiger partial charge in [-0.2, -0.15) is 0 Å². The van der Waals surface area contributed by atoms with Crippen LogP contribution in [0.2, 0.25) is 0 Å². The molecule has 2 aliphatic heterocycles. The number of β-amino-alcohol motifs (C(OH)–C–C–N with tert-alkyl or cyclic N) is 1. The zero-order valence-corrected chi connectivity index (χ0v) is 17.9. The van der Waals surface area contributed by atoms with Crippen LogP contribution in [0.25, 0.3) is 0 Å². The molecule has 0 bridgehead atoms. The van der Waals surface area contributed by atoms with Gasteiger partial charge >= 0.3 is 0 Å². The Kier molecular flexibility index (Phi) is 9.11. The van der Waals surface area contributed by atoms with Crippen LogP contribution in [-0.4, -0.2) is 85.2 Å². The molecule has 2 fully saturated rings. The summed E-state index contributed by atoms with van der Waals surface area (Å²) in [6.45, 7) is 5.82. The molecule has 0 radical (unpaired) electrons. The second kappa shape index (κ2) is 12.0. The summed E-state index contributed by atoms with van der Waals surface area (Å²) in [4.78, 5) is 29.4. The molecule has 3 rings (SSSR count). The minimum atomic E-state index is -0.374. The summed E-state index contributed by atoms with van der Waals surface area (Å²) < 4.78 is 0. The molecule has 2 saturated heterocycles. The first-order valence-electron chi connectivity index (χ1n) is 11.3. The van der Waals surface area contributed by atoms with Crippen molar-refractivity contribution < 1.29 is 14.7 Å². The number of aryl methyl sites for hydroxylation is 1. The summed E-state index contributed by atoms with van der Waals surface area (Å²) >= 11 is 0. The Balaban J connectivity index is 1.40. The van der Waals surface area contributed by atoms with Crippen molar-refractivity contribution in [2.75, 3.05) is 52.4 Å². The van der Waals surface area contributed by atoms with Crippen LogP contribution in [0.4, 0.5) is 0 Å². The summed E-state index contributed by atoms with van der Waals surface area (Å²) in [5.74, 6) is 0.405. The second-order valence-corrected chi connectivity index (χ2v) is 8.45. The first-order chi connectivity index (χ1) is 14.7. The molecule has 2 aliphatic rings. The van der Waals surface area contributed by atoms with Crippen molar-refractivity contribution in [3.8, 4) is 0 Å². The maximum atomic E-state index is 12.5. The van der Waals surface area contributed by atoms with Gasteiger partial charge in [0.1, 0.15) is 0 Å². The summed E-state index contributed by atoms with van der Waals surface area (Å²) in [5.41, 5.74) is 1.30. The number of aliphatic hydroxyl groups is 1. The van der Waals surface area contributed by atoms with E-state index < -0.39 is 0 Å². The van der Waals surface area contributed by atoms with Crippen molar-refractivity contribution in [1.82, 2.24) is 20.4 Å². The third-order valence-corrected chi connectivity index (χ3v) is 6.29. The molecule has 166 valence electrons. The number of rotatable bonds is 10. The number of hydrogen-bond donors (Lipinski definition) is 3. The topological polar surface area (TPSA) is 84.9 Å². The molecule has 7 heteroatoms. The lowest BCUT2D eigenvalue weighted by molar-refractivity contribution is -0.134. The average Bonchev–Trinajstić information content (AvgIpc) is 2.76. The number of likely N-dealkylation sites (tertiary alicyclic amines) is 1. The van der Waals surface area contributed by atoms with E-state index in [1.165, 1.54) is 5.56 Å². The number of nitrogens with zero attached hydrogens (tertiary/aromatic N) is 2. The third-order valence-electron chi connectivity index (χ3n) is 6.29. The van der Waals surface area contributed by atoms with Crippen molar-refractivity contribution in [3.05, 3.63) is 35.9 Å². The van der Waals surface area contributed by atoms with Crippen molar-refractivity contribution in [2.45, 2.75) is 38.1 Å². The summed E-state index contributed by atoms with van der Waals surface area (Å²) in [6.07, 6.45) is 4.25. The fourth-order valence-corrected chi connectivity index (χ4v) is 4.44. The zero-order chi connectivity index (χ0) is 21.2. The van der Waals surface area contributed by atoms with E-state index in [1.54, 1.807) is 0 Å². The van der Waals surface area contributed by atoms with Crippen molar-refractivity contribution in [3.63, 3.8) is 0 Å². The highest BCUT2D eigenvalue weighted by atomic mass is 16.3. The van der Waals surface area contributed by atoms with E-state index >= 15 is 0 Å². The Morgan fingerprint density at radius 1 is 1.13 bits per heavy atom. The third kappa shape index (κ3) is 7.07. The number of aliphatic hydroxyl groups excluding tert-OH is 1. The number of piperazine rings is 1. The molecule has 1 aromatic carbocycles. The molecule has 1 aromatic rings. The second-order valence-electron chi connectivity index (χ2n) is 8.45. The van der Waals surface area contributed by atoms with E-state index in [4.69, 9.17) is 5.11 Å². The number of amides is 2. The normalized spacial score (nSPS) is 21.4. The largest absolute Gasteiger partial charge is 0.395 e. The Labute approximate surface area is 179 Å². The van der Waals surface area contributed by atoms with E-state index in [2.05, 4.69) is 32.6 Å². The minimum Gasteiger partial charge on any atom is -0.395 e. The smallest absolute Gasteiger partial charge is 0.237 e. The van der Waals surface area contributed by atoms with Gasteiger partial charge in [-0.25, -0.2) is 0 Å². The van der Waals surface area contributed by atoms with Gasteiger partial charge < -0.3 is 20.6 Å². The highest BCUT2D eigenvalue weighted by Crippen LogP contribution is 2.16. The summed E-state index contributed by atoms with van der Waals surface area (Å²) in [6, 6.07) is 10.00. The molecule has 3 N–H and O–H groups in total. The lowest BCUT2D eigenvalue weighted by Crippen LogP contribution is -2.56. The standard InChI is InChI=1S/C23H36N4O3/c28-16-15-26-12-8-20(9-13-26)18-25-22(29)17-21-23(30)24-10-14-27(21)11-4-7-19-5-2-1-3-6-19/h1-3,5-6,20-21,28H,4,7-18H2,(H,24,30)(H,25,29)/t21-/m0/s1. The molecule has 0 aromatic heterocycles. The van der Waals surface area contributed by atoms with Crippen molar-refractivity contribution >= 4 is 11.8 Å². The first-order valence-corrected chi connectivity index (χ1v) is 11.3. The highest BCUT2D eigenvalue weighted by Gasteiger charge is 2.31. The fourth-order valence-electron chi connectivity index (χ4n) is 4.44. The van der Waals surface area contributed by atoms with Gasteiger partial charge in [-0.15, -0.1) is 0 Å². The van der Waals surface area contributed by atoms with Crippen molar-refractivity contribution in [1.29, 1.82) is 0 Å². The predicted octanol–water partition coefficient (Wildman–Crippen LogP) is 0.630.